The second-order valence-corrected chi connectivity index (χ2v) is 5.76. The van der Waals surface area contributed by atoms with Gasteiger partial charge in [0.2, 0.25) is 0 Å². The maximum atomic E-state index is 12.3. The Morgan fingerprint density at radius 2 is 1.92 bits per heavy atom. The number of benzene rings is 2. The molecule has 0 aliphatic rings. The zero-order valence-electron chi connectivity index (χ0n) is 14.3. The molecule has 1 heterocycles. The first-order valence-corrected chi connectivity index (χ1v) is 7.83. The second kappa shape index (κ2) is 6.81. The summed E-state index contributed by atoms with van der Waals surface area (Å²) >= 11 is 0. The number of hydrogen-bond acceptors (Lipinski definition) is 5. The van der Waals surface area contributed by atoms with Crippen LogP contribution < -0.4 is 15.1 Å². The zero-order chi connectivity index (χ0) is 18.0. The molecule has 3 rings (SSSR count). The summed E-state index contributed by atoms with van der Waals surface area (Å²) in [6.45, 7) is 3.54. The Labute approximate surface area is 144 Å². The minimum absolute atomic E-state index is 0.116. The van der Waals surface area contributed by atoms with Gasteiger partial charge in [0.05, 0.1) is 7.11 Å². The molecule has 0 aliphatic heterocycles. The number of hydrogen-bond donors (Lipinski definition) is 0. The third kappa shape index (κ3) is 3.40. The quantitative estimate of drug-likeness (QED) is 0.524. The predicted octanol–water partition coefficient (Wildman–Crippen LogP) is 3.68. The lowest BCUT2D eigenvalue weighted by molar-refractivity contribution is 0.0921. The lowest BCUT2D eigenvalue weighted by Gasteiger charge is -2.11. The van der Waals surface area contributed by atoms with E-state index in [2.05, 4.69) is 0 Å². The molecule has 0 saturated heterocycles. The highest BCUT2D eigenvalue weighted by atomic mass is 16.5. The molecule has 25 heavy (non-hydrogen) atoms. The normalized spacial score (nSPS) is 10.7. The van der Waals surface area contributed by atoms with Crippen LogP contribution in [0, 0.1) is 13.8 Å². The Morgan fingerprint density at radius 1 is 1.12 bits per heavy atom. The van der Waals surface area contributed by atoms with E-state index in [9.17, 15) is 9.59 Å². The van der Waals surface area contributed by atoms with Crippen LogP contribution in [0.5, 0.6) is 11.5 Å². The standard InChI is InChI=1S/C20H18O5/c1-12-9-19(22)25-20-13(2)18(8-7-16(12)20)24-11-17(21)14-5-4-6-15(10-14)23-3/h4-10H,11H2,1-3H3. The third-order valence-electron chi connectivity index (χ3n) is 4.07. The maximum absolute atomic E-state index is 12.3. The number of ether oxygens (including phenoxy) is 2. The molecule has 0 fully saturated rings. The van der Waals surface area contributed by atoms with Gasteiger partial charge in [-0.25, -0.2) is 4.79 Å². The molecule has 5 heteroatoms. The average Bonchev–Trinajstić information content (AvgIpc) is 2.61. The number of carbonyl (C=O) groups excluding carboxylic acids is 1. The predicted molar refractivity (Wildman–Crippen MR) is 94.8 cm³/mol. The monoisotopic (exact) mass is 338 g/mol. The summed E-state index contributed by atoms with van der Waals surface area (Å²) in [6, 6.07) is 12.0. The summed E-state index contributed by atoms with van der Waals surface area (Å²) in [5.41, 5.74) is 2.12. The zero-order valence-corrected chi connectivity index (χ0v) is 14.3. The molecule has 0 radical (unpaired) electrons. The topological polar surface area (TPSA) is 65.7 Å². The minimum atomic E-state index is -0.405. The van der Waals surface area contributed by atoms with Gasteiger partial charge in [0.15, 0.2) is 12.4 Å². The van der Waals surface area contributed by atoms with E-state index in [0.717, 1.165) is 10.9 Å². The largest absolute Gasteiger partial charge is 0.497 e. The molecular weight excluding hydrogens is 320 g/mol. The van der Waals surface area contributed by atoms with Crippen molar-refractivity contribution in [3.63, 3.8) is 0 Å². The van der Waals surface area contributed by atoms with Crippen LogP contribution in [0.25, 0.3) is 11.0 Å². The number of fused-ring (bicyclic) bond motifs is 1. The Hall–Kier alpha value is -3.08. The average molecular weight is 338 g/mol. The summed E-state index contributed by atoms with van der Waals surface area (Å²) in [5, 5.41) is 0.851. The lowest BCUT2D eigenvalue weighted by Crippen LogP contribution is -2.12. The molecule has 3 aromatic rings. The molecular formula is C20H18O5. The lowest BCUT2D eigenvalue weighted by atomic mass is 10.1. The van der Waals surface area contributed by atoms with Gasteiger partial charge in [-0.05, 0) is 43.7 Å². The Bertz CT molecular complexity index is 1000. The van der Waals surface area contributed by atoms with E-state index < -0.39 is 5.63 Å². The first kappa shape index (κ1) is 16.8. The maximum Gasteiger partial charge on any atom is 0.336 e. The van der Waals surface area contributed by atoms with Gasteiger partial charge in [-0.2, -0.15) is 0 Å². The van der Waals surface area contributed by atoms with Gasteiger partial charge < -0.3 is 13.9 Å². The Balaban J connectivity index is 1.84. The number of aryl methyl sites for hydroxylation is 2. The minimum Gasteiger partial charge on any atom is -0.497 e. The highest BCUT2D eigenvalue weighted by Gasteiger charge is 2.13. The highest BCUT2D eigenvalue weighted by Crippen LogP contribution is 2.28. The summed E-state index contributed by atoms with van der Waals surface area (Å²) < 4.78 is 16.1. The van der Waals surface area contributed by atoms with Gasteiger partial charge in [-0.15, -0.1) is 0 Å². The van der Waals surface area contributed by atoms with Crippen LogP contribution in [0.15, 0.2) is 51.7 Å². The smallest absolute Gasteiger partial charge is 0.336 e. The van der Waals surface area contributed by atoms with Crippen molar-refractivity contribution in [3.8, 4) is 11.5 Å². The fourth-order valence-corrected chi connectivity index (χ4v) is 2.68. The van der Waals surface area contributed by atoms with Crippen molar-refractivity contribution in [2.24, 2.45) is 0 Å². The molecule has 0 spiro atoms. The first-order valence-electron chi connectivity index (χ1n) is 7.83. The molecule has 0 N–H and O–H groups in total. The third-order valence-corrected chi connectivity index (χ3v) is 4.07. The molecule has 1 aromatic heterocycles. The van der Waals surface area contributed by atoms with Gasteiger partial charge in [0.25, 0.3) is 0 Å². The fourth-order valence-electron chi connectivity index (χ4n) is 2.68. The van der Waals surface area contributed by atoms with Crippen molar-refractivity contribution >= 4 is 16.8 Å². The van der Waals surface area contributed by atoms with E-state index in [1.54, 1.807) is 44.4 Å². The molecule has 0 bridgehead atoms. The highest BCUT2D eigenvalue weighted by molar-refractivity contribution is 5.97. The van der Waals surface area contributed by atoms with E-state index >= 15 is 0 Å². The Kier molecular flexibility index (Phi) is 4.57. The summed E-state index contributed by atoms with van der Waals surface area (Å²) in [6.07, 6.45) is 0. The van der Waals surface area contributed by atoms with Gasteiger partial charge in [-0.1, -0.05) is 12.1 Å². The van der Waals surface area contributed by atoms with Gasteiger partial charge >= 0.3 is 5.63 Å². The van der Waals surface area contributed by atoms with Crippen molar-refractivity contribution < 1.29 is 18.7 Å². The number of Topliss-reactive ketones (excluding diaryl/α,β-unsaturated/α-hetero) is 1. The number of carbonyl (C=O) groups is 1. The first-order chi connectivity index (χ1) is 12.0. The van der Waals surface area contributed by atoms with Crippen LogP contribution in [-0.4, -0.2) is 19.5 Å². The molecule has 0 aliphatic carbocycles. The number of ketones is 1. The van der Waals surface area contributed by atoms with Crippen LogP contribution >= 0.6 is 0 Å². The molecule has 2 aromatic carbocycles. The molecule has 0 amide bonds. The Morgan fingerprint density at radius 3 is 2.68 bits per heavy atom. The molecule has 0 unspecified atom stereocenters. The van der Waals surface area contributed by atoms with E-state index in [0.29, 0.717) is 28.2 Å². The molecule has 128 valence electrons. The summed E-state index contributed by atoms with van der Waals surface area (Å²) in [4.78, 5) is 23.9. The second-order valence-electron chi connectivity index (χ2n) is 5.76. The van der Waals surface area contributed by atoms with Crippen LogP contribution in [0.4, 0.5) is 0 Å². The van der Waals surface area contributed by atoms with E-state index in [4.69, 9.17) is 13.9 Å². The van der Waals surface area contributed by atoms with E-state index in [1.165, 1.54) is 6.07 Å². The van der Waals surface area contributed by atoms with E-state index in [1.807, 2.05) is 13.0 Å². The SMILES string of the molecule is COc1cccc(C(=O)COc2ccc3c(C)cc(=O)oc3c2C)c1. The van der Waals surface area contributed by atoms with Crippen molar-refractivity contribution in [2.75, 3.05) is 13.7 Å². The van der Waals surface area contributed by atoms with Crippen LogP contribution in [-0.2, 0) is 0 Å². The van der Waals surface area contributed by atoms with Gasteiger partial charge in [0.1, 0.15) is 17.1 Å². The van der Waals surface area contributed by atoms with Crippen LogP contribution in [0.1, 0.15) is 21.5 Å². The van der Waals surface area contributed by atoms with Crippen molar-refractivity contribution in [1.29, 1.82) is 0 Å². The van der Waals surface area contributed by atoms with Crippen LogP contribution in [0.2, 0.25) is 0 Å². The van der Waals surface area contributed by atoms with Crippen molar-refractivity contribution in [3.05, 3.63) is 69.6 Å². The molecule has 5 nitrogen and oxygen atoms in total. The molecule has 0 saturated carbocycles. The number of rotatable bonds is 5. The molecule has 0 atom stereocenters. The fraction of sp³-hybridized carbons (Fsp3) is 0.200. The number of methoxy groups -OCH3 is 1. The van der Waals surface area contributed by atoms with Crippen molar-refractivity contribution in [1.82, 2.24) is 0 Å². The van der Waals surface area contributed by atoms with E-state index in [-0.39, 0.29) is 12.4 Å². The van der Waals surface area contributed by atoms with Crippen LogP contribution in [0.3, 0.4) is 0 Å². The van der Waals surface area contributed by atoms with Crippen molar-refractivity contribution in [2.45, 2.75) is 13.8 Å². The summed E-state index contributed by atoms with van der Waals surface area (Å²) in [5.74, 6) is 0.964. The van der Waals surface area contributed by atoms with Gasteiger partial charge in [-0.3, -0.25) is 4.79 Å². The van der Waals surface area contributed by atoms with Gasteiger partial charge in [0, 0.05) is 22.6 Å². The summed E-state index contributed by atoms with van der Waals surface area (Å²) in [7, 11) is 1.55.